The number of hydrogen-bond acceptors (Lipinski definition) is 7. The van der Waals surface area contributed by atoms with E-state index in [0.717, 1.165) is 24.3 Å². The normalized spacial score (nSPS) is 15.9. The number of rotatable bonds is 11. The molecule has 0 radical (unpaired) electrons. The molecule has 2 heterocycles. The number of likely N-dealkylation sites (N-methyl/N-ethyl adjacent to an activating group) is 1. The maximum Gasteiger partial charge on any atom is 0.277 e. The summed E-state index contributed by atoms with van der Waals surface area (Å²) >= 11 is 0. The quantitative estimate of drug-likeness (QED) is 0.170. The van der Waals surface area contributed by atoms with Crippen molar-refractivity contribution in [2.45, 2.75) is 25.9 Å². The Balaban J connectivity index is 0.00000484. The first-order chi connectivity index (χ1) is 19.5. The van der Waals surface area contributed by atoms with Gasteiger partial charge in [0, 0.05) is 25.6 Å². The molecule has 228 valence electrons. The topological polar surface area (TPSA) is 94.5 Å². The molecule has 0 saturated carbocycles. The number of aromatic hydroxyl groups is 1. The highest BCUT2D eigenvalue weighted by molar-refractivity contribution is 6.11. The molecule has 2 aliphatic heterocycles. The molecule has 1 saturated heterocycles. The molecule has 0 atom stereocenters. The molecule has 9 nitrogen and oxygen atoms in total. The van der Waals surface area contributed by atoms with Gasteiger partial charge in [-0.05, 0) is 49.8 Å². The summed E-state index contributed by atoms with van der Waals surface area (Å²) in [5.41, 5.74) is 0.828. The fraction of sp³-hybridized carbons (Fsp3) is 0.438. The Morgan fingerprint density at radius 1 is 1.14 bits per heavy atom. The number of ether oxygens (including phenoxy) is 4. The van der Waals surface area contributed by atoms with Crippen molar-refractivity contribution in [3.63, 3.8) is 0 Å². The standard InChI is InChI=1S/C32H40N2O7.BrH/c1-32(2)14-13-25-27(41-32)21-28(38-5)30(31(25)37)26(35)12-9-23-7-10-24(11-8-23)40-18-6-17-34(3,4)22-29(36)33-15-19-39-20-16-33;/h7-14,21H,6,15-20,22H2,1-5H3;1H/b12-9+;. The molecular formula is C32H41BrN2O7. The lowest BCUT2D eigenvalue weighted by molar-refractivity contribution is -0.882. The first-order valence-corrected chi connectivity index (χ1v) is 13.9. The molecule has 0 bridgehead atoms. The van der Waals surface area contributed by atoms with Crippen molar-refractivity contribution in [3.8, 4) is 23.0 Å². The van der Waals surface area contributed by atoms with Gasteiger partial charge in [0.1, 0.15) is 34.2 Å². The molecule has 0 aliphatic carbocycles. The molecule has 10 heteroatoms. The summed E-state index contributed by atoms with van der Waals surface area (Å²) in [6.45, 7) is 8.17. The summed E-state index contributed by atoms with van der Waals surface area (Å²) in [6, 6.07) is 9.07. The van der Waals surface area contributed by atoms with Crippen LogP contribution in [0.1, 0.15) is 41.8 Å². The van der Waals surface area contributed by atoms with E-state index in [1.807, 2.05) is 49.1 Å². The monoisotopic (exact) mass is 644 g/mol. The fourth-order valence-electron chi connectivity index (χ4n) is 4.85. The number of amides is 1. The van der Waals surface area contributed by atoms with E-state index in [1.54, 1.807) is 18.2 Å². The summed E-state index contributed by atoms with van der Waals surface area (Å²) in [5.74, 6) is 1.05. The molecule has 0 unspecified atom stereocenters. The molecule has 1 fully saturated rings. The highest BCUT2D eigenvalue weighted by Crippen LogP contribution is 2.43. The maximum absolute atomic E-state index is 13.1. The van der Waals surface area contributed by atoms with Crippen LogP contribution < -0.4 is 31.2 Å². The highest BCUT2D eigenvalue weighted by Gasteiger charge is 2.29. The molecule has 2 aromatic rings. The Labute approximate surface area is 258 Å². The molecule has 1 N–H and O–H groups in total. The van der Waals surface area contributed by atoms with E-state index in [1.165, 1.54) is 13.2 Å². The van der Waals surface area contributed by atoms with E-state index in [9.17, 15) is 14.7 Å². The average molecular weight is 646 g/mol. The molecule has 42 heavy (non-hydrogen) atoms. The summed E-state index contributed by atoms with van der Waals surface area (Å²) < 4.78 is 23.2. The van der Waals surface area contributed by atoms with Crippen molar-refractivity contribution in [3.05, 3.63) is 59.2 Å². The SMILES string of the molecule is COc1cc2c(c(O)c1C(=O)/C=C/c1ccc(OCCC[N+](C)(C)CC(=O)N3CCOCC3)cc1)C=CC(C)(C)O2.[Br-]. The van der Waals surface area contributed by atoms with Crippen LogP contribution in [0.2, 0.25) is 0 Å². The lowest BCUT2D eigenvalue weighted by atomic mass is 9.97. The third-order valence-corrected chi connectivity index (χ3v) is 7.17. The molecular weight excluding hydrogens is 604 g/mol. The minimum atomic E-state index is -0.523. The van der Waals surface area contributed by atoms with Gasteiger partial charge in [-0.25, -0.2) is 0 Å². The fourth-order valence-corrected chi connectivity index (χ4v) is 4.85. The number of morpholine rings is 1. The number of phenolic OH excluding ortho intramolecular Hbond substituents is 1. The van der Waals surface area contributed by atoms with Gasteiger partial charge in [-0.15, -0.1) is 0 Å². The molecule has 4 rings (SSSR count). The number of methoxy groups -OCH3 is 1. The second-order valence-electron chi connectivity index (χ2n) is 11.5. The second-order valence-corrected chi connectivity index (χ2v) is 11.5. The Morgan fingerprint density at radius 2 is 1.83 bits per heavy atom. The van der Waals surface area contributed by atoms with Crippen LogP contribution in [0.5, 0.6) is 23.0 Å². The zero-order chi connectivity index (χ0) is 29.6. The van der Waals surface area contributed by atoms with Crippen molar-refractivity contribution < 1.29 is 55.1 Å². The van der Waals surface area contributed by atoms with Crippen molar-refractivity contribution in [2.24, 2.45) is 0 Å². The minimum Gasteiger partial charge on any atom is -1.00 e. The van der Waals surface area contributed by atoms with Gasteiger partial charge in [-0.3, -0.25) is 9.59 Å². The number of phenols is 1. The van der Waals surface area contributed by atoms with Crippen LogP contribution in [-0.2, 0) is 9.53 Å². The Kier molecular flexibility index (Phi) is 11.2. The smallest absolute Gasteiger partial charge is 0.277 e. The molecule has 2 aromatic carbocycles. The first kappa shape index (κ1) is 33.2. The molecule has 1 amide bonds. The summed E-state index contributed by atoms with van der Waals surface area (Å²) in [6.07, 6.45) is 7.50. The number of carbonyl (C=O) groups excluding carboxylic acids is 2. The van der Waals surface area contributed by atoms with Crippen molar-refractivity contribution in [2.75, 3.05) is 67.2 Å². The van der Waals surface area contributed by atoms with Crippen molar-refractivity contribution in [1.82, 2.24) is 4.90 Å². The number of fused-ring (bicyclic) bond motifs is 1. The summed E-state index contributed by atoms with van der Waals surface area (Å²) in [5, 5.41) is 10.9. The van der Waals surface area contributed by atoms with Crippen LogP contribution in [0.4, 0.5) is 0 Å². The van der Waals surface area contributed by atoms with E-state index in [0.29, 0.717) is 55.3 Å². The van der Waals surface area contributed by atoms with Crippen LogP contribution in [0.3, 0.4) is 0 Å². The summed E-state index contributed by atoms with van der Waals surface area (Å²) in [7, 11) is 5.58. The van der Waals surface area contributed by atoms with Gasteiger partial charge in [-0.1, -0.05) is 18.2 Å². The number of nitrogens with zero attached hydrogens (tertiary/aromatic N) is 2. The number of quaternary nitrogens is 1. The second kappa shape index (κ2) is 14.2. The van der Waals surface area contributed by atoms with E-state index >= 15 is 0 Å². The first-order valence-electron chi connectivity index (χ1n) is 13.9. The largest absolute Gasteiger partial charge is 1.00 e. The van der Waals surface area contributed by atoms with Gasteiger partial charge in [0.2, 0.25) is 0 Å². The predicted molar refractivity (Wildman–Crippen MR) is 158 cm³/mol. The predicted octanol–water partition coefficient (Wildman–Crippen LogP) is 1.19. The van der Waals surface area contributed by atoms with Gasteiger partial charge >= 0.3 is 0 Å². The van der Waals surface area contributed by atoms with Crippen molar-refractivity contribution >= 4 is 23.8 Å². The minimum absolute atomic E-state index is 0. The van der Waals surface area contributed by atoms with E-state index in [2.05, 4.69) is 14.1 Å². The third kappa shape index (κ3) is 8.59. The number of benzene rings is 2. The summed E-state index contributed by atoms with van der Waals surface area (Å²) in [4.78, 5) is 27.5. The van der Waals surface area contributed by atoms with Crippen molar-refractivity contribution in [1.29, 1.82) is 0 Å². The molecule has 0 aromatic heterocycles. The van der Waals surface area contributed by atoms with Gasteiger partial charge in [-0.2, -0.15) is 0 Å². The zero-order valence-electron chi connectivity index (χ0n) is 25.0. The van der Waals surface area contributed by atoms with E-state index in [4.69, 9.17) is 18.9 Å². The average Bonchev–Trinajstić information content (AvgIpc) is 2.94. The number of allylic oxidation sites excluding steroid dienone is 1. The Hall–Kier alpha value is -3.34. The van der Waals surface area contributed by atoms with Gasteiger partial charge < -0.3 is 50.4 Å². The van der Waals surface area contributed by atoms with Crippen LogP contribution >= 0.6 is 0 Å². The van der Waals surface area contributed by atoms with Crippen LogP contribution in [0.25, 0.3) is 12.2 Å². The van der Waals surface area contributed by atoms with Gasteiger partial charge in [0.05, 0.1) is 53.1 Å². The van der Waals surface area contributed by atoms with Crippen LogP contribution in [0, 0.1) is 0 Å². The maximum atomic E-state index is 13.1. The van der Waals surface area contributed by atoms with E-state index < -0.39 is 5.60 Å². The zero-order valence-corrected chi connectivity index (χ0v) is 26.6. The lowest BCUT2D eigenvalue weighted by Gasteiger charge is -2.33. The third-order valence-electron chi connectivity index (χ3n) is 7.17. The number of carbonyl (C=O) groups is 2. The Morgan fingerprint density at radius 3 is 2.50 bits per heavy atom. The van der Waals surface area contributed by atoms with Crippen LogP contribution in [0.15, 0.2) is 42.5 Å². The number of hydrogen-bond donors (Lipinski definition) is 1. The van der Waals surface area contributed by atoms with Crippen LogP contribution in [-0.4, -0.2) is 99.0 Å². The van der Waals surface area contributed by atoms with E-state index in [-0.39, 0.29) is 45.7 Å². The highest BCUT2D eigenvalue weighted by atomic mass is 79.9. The lowest BCUT2D eigenvalue weighted by Crippen LogP contribution is -3.00. The number of halogens is 1. The van der Waals surface area contributed by atoms with Gasteiger partial charge in [0.15, 0.2) is 12.3 Å². The molecule has 2 aliphatic rings. The number of ketones is 1. The molecule has 0 spiro atoms. The van der Waals surface area contributed by atoms with Gasteiger partial charge in [0.25, 0.3) is 5.91 Å². The Bertz CT molecular complexity index is 1310.